The van der Waals surface area contributed by atoms with Gasteiger partial charge >= 0.3 is 6.10 Å². The van der Waals surface area contributed by atoms with E-state index in [1.54, 1.807) is 5.59 Å². The summed E-state index contributed by atoms with van der Waals surface area (Å²) in [6.45, 7) is 0. The third-order valence-corrected chi connectivity index (χ3v) is 0.561. The molecule has 0 aromatic heterocycles. The van der Waals surface area contributed by atoms with Crippen LogP contribution in [0.1, 0.15) is 0 Å². The number of nitroso groups, excluding NO2 is 1. The van der Waals surface area contributed by atoms with Crippen molar-refractivity contribution in [2.75, 3.05) is 0 Å². The van der Waals surface area contributed by atoms with E-state index in [0.717, 1.165) is 0 Å². The van der Waals surface area contributed by atoms with Crippen molar-refractivity contribution >= 4 is 0 Å². The highest BCUT2D eigenvalue weighted by Gasteiger charge is 2.36. The zero-order chi connectivity index (χ0) is 6.91. The molecule has 0 radical (unpaired) electrons. The van der Waals surface area contributed by atoms with E-state index < -0.39 is 6.10 Å². The van der Waals surface area contributed by atoms with E-state index >= 15 is 0 Å². The molecular weight excluding hydrogens is 132 g/mol. The Morgan fingerprint density at radius 1 is 1.89 bits per heavy atom. The van der Waals surface area contributed by atoms with Crippen molar-refractivity contribution in [1.82, 2.24) is 10.9 Å². The third-order valence-electron chi connectivity index (χ3n) is 0.561. The maximum Gasteiger partial charge on any atom is 0.387 e. The van der Waals surface area contributed by atoms with Crippen LogP contribution in [0.4, 0.5) is 0 Å². The fraction of sp³-hybridized carbons (Fsp3) is 1.00. The summed E-state index contributed by atoms with van der Waals surface area (Å²) in [4.78, 5) is 17.6. The minimum Gasteiger partial charge on any atom is -0.327 e. The van der Waals surface area contributed by atoms with Crippen molar-refractivity contribution in [2.45, 2.75) is 6.10 Å². The Morgan fingerprint density at radius 3 is 2.78 bits per heavy atom. The number of rotatable bonds is 1. The number of hydrogen-bond donors (Lipinski definition) is 3. The van der Waals surface area contributed by atoms with E-state index in [9.17, 15) is 4.91 Å². The van der Waals surface area contributed by atoms with Gasteiger partial charge in [-0.25, -0.2) is 4.84 Å². The molecule has 1 heterocycles. The highest BCUT2D eigenvalue weighted by atomic mass is 17.1. The molecule has 1 unspecified atom stereocenters. The molecule has 0 aromatic carbocycles. The number of nitrogens with zero attached hydrogens (tertiary/aromatic N) is 2. The quantitative estimate of drug-likeness (QED) is 0.280. The van der Waals surface area contributed by atoms with Crippen LogP contribution >= 0.6 is 0 Å². The molecule has 0 saturated carbocycles. The molecule has 1 saturated heterocycles. The van der Waals surface area contributed by atoms with Crippen LogP contribution in [-0.2, 0) is 9.68 Å². The van der Waals surface area contributed by atoms with Crippen LogP contribution in [0, 0.1) is 4.91 Å². The van der Waals surface area contributed by atoms with Crippen LogP contribution in [0.5, 0.6) is 0 Å². The Balaban J connectivity index is 2.47. The number of aliphatic hydroxyl groups is 1. The minimum absolute atomic E-state index is 0.236. The smallest absolute Gasteiger partial charge is 0.327 e. The molecule has 0 bridgehead atoms. The van der Waals surface area contributed by atoms with Gasteiger partial charge in [0.05, 0.1) is 5.29 Å². The normalized spacial score (nSPS) is 35.1. The topological polar surface area (TPSA) is 109 Å². The lowest BCUT2D eigenvalue weighted by atomic mass is 11.0. The molecule has 8 nitrogen and oxygen atoms in total. The lowest BCUT2D eigenvalue weighted by Gasteiger charge is -2.07. The number of hydrazine groups is 1. The van der Waals surface area contributed by atoms with Gasteiger partial charge in [0.15, 0.2) is 0 Å². The van der Waals surface area contributed by atoms with Crippen molar-refractivity contribution in [2.24, 2.45) is 11.0 Å². The minimum atomic E-state index is -2.31. The van der Waals surface area contributed by atoms with Crippen molar-refractivity contribution < 1.29 is 14.8 Å². The third kappa shape index (κ3) is 1.31. The summed E-state index contributed by atoms with van der Waals surface area (Å²) >= 11 is 0. The highest BCUT2D eigenvalue weighted by molar-refractivity contribution is 4.37. The van der Waals surface area contributed by atoms with Gasteiger partial charge in [-0.3, -0.25) is 5.73 Å². The molecule has 4 N–H and O–H groups in total. The van der Waals surface area contributed by atoms with Crippen LogP contribution < -0.4 is 11.3 Å². The summed E-state index contributed by atoms with van der Waals surface area (Å²) in [5.41, 5.74) is 6.51. The first-order valence-electron chi connectivity index (χ1n) is 1.91. The van der Waals surface area contributed by atoms with E-state index in [1.807, 2.05) is 0 Å². The molecule has 1 aliphatic rings. The van der Waals surface area contributed by atoms with Gasteiger partial charge in [-0.05, 0) is 5.28 Å². The van der Waals surface area contributed by atoms with E-state index in [0.29, 0.717) is 0 Å². The van der Waals surface area contributed by atoms with Gasteiger partial charge in [0, 0.05) is 0 Å². The van der Waals surface area contributed by atoms with E-state index in [4.69, 9.17) is 10.8 Å². The lowest BCUT2D eigenvalue weighted by Crippen LogP contribution is -2.41. The van der Waals surface area contributed by atoms with Crippen LogP contribution in [-0.4, -0.2) is 16.5 Å². The molecule has 0 aromatic rings. The lowest BCUT2D eigenvalue weighted by molar-refractivity contribution is -0.346. The van der Waals surface area contributed by atoms with E-state index in [-0.39, 0.29) is 5.28 Å². The molecule has 8 heteroatoms. The van der Waals surface area contributed by atoms with Gasteiger partial charge in [0.25, 0.3) is 0 Å². The van der Waals surface area contributed by atoms with Gasteiger partial charge in [0.1, 0.15) is 0 Å². The standard InChI is InChI=1S/CH4N4O4/c2-1(6)8-4-5(3-7)9-1/h4,6H,2H2. The van der Waals surface area contributed by atoms with Gasteiger partial charge in [-0.1, -0.05) is 5.59 Å². The molecule has 52 valence electrons. The summed E-state index contributed by atoms with van der Waals surface area (Å²) in [6, 6.07) is 0. The van der Waals surface area contributed by atoms with Gasteiger partial charge in [0.2, 0.25) is 0 Å². The van der Waals surface area contributed by atoms with Crippen molar-refractivity contribution in [3.05, 3.63) is 4.91 Å². The molecule has 1 atom stereocenters. The Bertz CT molecular complexity index is 124. The van der Waals surface area contributed by atoms with Crippen molar-refractivity contribution in [3.8, 4) is 0 Å². The summed E-state index contributed by atoms with van der Waals surface area (Å²) in [6.07, 6.45) is -2.31. The van der Waals surface area contributed by atoms with Crippen LogP contribution in [0.25, 0.3) is 0 Å². The van der Waals surface area contributed by atoms with Gasteiger partial charge < -0.3 is 5.11 Å². The Kier molecular flexibility index (Phi) is 1.31. The SMILES string of the molecule is NC1(O)ONN(N=O)O1. The average molecular weight is 136 g/mol. The predicted molar refractivity (Wildman–Crippen MR) is 22.1 cm³/mol. The monoisotopic (exact) mass is 136 g/mol. The fourth-order valence-electron chi connectivity index (χ4n) is 0.299. The van der Waals surface area contributed by atoms with Crippen molar-refractivity contribution in [1.29, 1.82) is 0 Å². The van der Waals surface area contributed by atoms with Crippen LogP contribution in [0.3, 0.4) is 0 Å². The first kappa shape index (κ1) is 6.32. The molecule has 0 aliphatic carbocycles. The molecule has 9 heavy (non-hydrogen) atoms. The number of hydrogen-bond acceptors (Lipinski definition) is 7. The number of nitrogens with one attached hydrogen (secondary N) is 1. The largest absolute Gasteiger partial charge is 0.387 e. The Morgan fingerprint density at radius 2 is 2.56 bits per heavy atom. The second-order valence-electron chi connectivity index (χ2n) is 1.27. The van der Waals surface area contributed by atoms with Crippen LogP contribution in [0.2, 0.25) is 0 Å². The number of nitrogens with two attached hydrogens (primary N) is 1. The second-order valence-corrected chi connectivity index (χ2v) is 1.27. The predicted octanol–water partition coefficient (Wildman–Crippen LogP) is -2.09. The van der Waals surface area contributed by atoms with Crippen molar-refractivity contribution in [3.63, 3.8) is 0 Å². The summed E-state index contributed by atoms with van der Waals surface area (Å²) in [5, 5.41) is 10.9. The Hall–Kier alpha value is -0.800. The van der Waals surface area contributed by atoms with E-state index in [1.165, 1.54) is 0 Å². The zero-order valence-corrected chi connectivity index (χ0v) is 4.14. The Labute approximate surface area is 48.9 Å². The molecular formula is CH4N4O4. The first-order valence-corrected chi connectivity index (χ1v) is 1.91. The maximum atomic E-state index is 9.54. The maximum absolute atomic E-state index is 9.54. The van der Waals surface area contributed by atoms with Crippen LogP contribution in [0.15, 0.2) is 5.29 Å². The molecule has 1 rings (SSSR count). The molecule has 1 fully saturated rings. The molecule has 1 aliphatic heterocycles. The molecule has 0 spiro atoms. The van der Waals surface area contributed by atoms with E-state index in [2.05, 4.69) is 15.0 Å². The zero-order valence-electron chi connectivity index (χ0n) is 4.14. The summed E-state index contributed by atoms with van der Waals surface area (Å²) in [5.74, 6) is 0. The fourth-order valence-corrected chi connectivity index (χ4v) is 0.299. The second kappa shape index (κ2) is 1.86. The average Bonchev–Trinajstić information content (AvgIpc) is 2.10. The van der Waals surface area contributed by atoms with Gasteiger partial charge in [-0.15, -0.1) is 4.91 Å². The summed E-state index contributed by atoms with van der Waals surface area (Å²) < 4.78 is 0. The molecule has 0 amide bonds. The van der Waals surface area contributed by atoms with Gasteiger partial charge in [-0.2, -0.15) is 4.84 Å². The summed E-state index contributed by atoms with van der Waals surface area (Å²) in [7, 11) is 0. The first-order chi connectivity index (χ1) is 4.14. The highest BCUT2D eigenvalue weighted by Crippen LogP contribution is 2.08.